The molecule has 0 aromatic rings. The number of cyclic esters (lactones) is 1. The van der Waals surface area contributed by atoms with Crippen LogP contribution in [0.15, 0.2) is 23.3 Å². The van der Waals surface area contributed by atoms with Crippen molar-refractivity contribution in [2.45, 2.75) is 107 Å². The van der Waals surface area contributed by atoms with Crippen LogP contribution in [0, 0.1) is 28.6 Å². The monoisotopic (exact) mass is 608 g/mol. The summed E-state index contributed by atoms with van der Waals surface area (Å²) in [7, 11) is 0. The number of hydrogen-bond donors (Lipinski definition) is 6. The van der Waals surface area contributed by atoms with Crippen molar-refractivity contribution in [3.8, 4) is 0 Å². The summed E-state index contributed by atoms with van der Waals surface area (Å²) in [6.07, 6.45) is 1.11. The number of carbonyl (C=O) groups excluding carboxylic acids is 2. The minimum Gasteiger partial charge on any atom is -0.465 e. The van der Waals surface area contributed by atoms with E-state index < -0.39 is 65.5 Å². The highest BCUT2D eigenvalue weighted by molar-refractivity contribution is 5.85. The number of rotatable bonds is 6. The molecule has 12 nitrogen and oxygen atoms in total. The molecule has 6 aliphatic rings. The predicted octanol–water partition coefficient (Wildman–Crippen LogP) is 0.212. The molecule has 0 bridgehead atoms. The van der Waals surface area contributed by atoms with Gasteiger partial charge in [-0.05, 0) is 80.3 Å². The Kier molecular flexibility index (Phi) is 7.86. The number of carbonyl (C=O) groups is 2. The Morgan fingerprint density at radius 3 is 2.49 bits per heavy atom. The third-order valence-corrected chi connectivity index (χ3v) is 11.9. The summed E-state index contributed by atoms with van der Waals surface area (Å²) in [6, 6.07) is 0. The third-order valence-electron chi connectivity index (χ3n) is 11.9. The lowest BCUT2D eigenvalue weighted by atomic mass is 9.46. The van der Waals surface area contributed by atoms with E-state index >= 15 is 0 Å². The second-order valence-corrected chi connectivity index (χ2v) is 13.8. The first kappa shape index (κ1) is 31.1. The fraction of sp³-hybridized carbons (Fsp3) is 0.806. The summed E-state index contributed by atoms with van der Waals surface area (Å²) in [5.41, 5.74) is -0.134. The molecule has 6 N–H and O–H groups in total. The predicted molar refractivity (Wildman–Crippen MR) is 146 cm³/mol. The largest absolute Gasteiger partial charge is 0.465 e. The topological polar surface area (TPSA) is 192 Å². The lowest BCUT2D eigenvalue weighted by Gasteiger charge is -2.61. The first-order valence-electron chi connectivity index (χ1n) is 15.4. The van der Waals surface area contributed by atoms with Gasteiger partial charge < -0.3 is 49.6 Å². The average Bonchev–Trinajstić information content (AvgIpc) is 3.52. The summed E-state index contributed by atoms with van der Waals surface area (Å²) in [5.74, 6) is -3.46. The maximum Gasteiger partial charge on any atom is 0.331 e. The number of aliphatic hydroxyl groups is 6. The van der Waals surface area contributed by atoms with E-state index in [-0.39, 0.29) is 36.9 Å². The van der Waals surface area contributed by atoms with Crippen molar-refractivity contribution >= 4 is 11.9 Å². The maximum atomic E-state index is 12.5. The van der Waals surface area contributed by atoms with Crippen molar-refractivity contribution in [3.63, 3.8) is 0 Å². The Balaban J connectivity index is 1.27. The zero-order valence-electron chi connectivity index (χ0n) is 24.7. The molecule has 0 spiro atoms. The molecule has 0 aromatic heterocycles. The van der Waals surface area contributed by atoms with Crippen LogP contribution in [-0.4, -0.2) is 104 Å². The van der Waals surface area contributed by atoms with Gasteiger partial charge in [-0.2, -0.15) is 0 Å². The van der Waals surface area contributed by atoms with Gasteiger partial charge in [0.15, 0.2) is 6.10 Å². The van der Waals surface area contributed by atoms with Crippen LogP contribution in [0.3, 0.4) is 0 Å². The third kappa shape index (κ3) is 4.72. The average molecular weight is 609 g/mol. The Bertz CT molecular complexity index is 1200. The highest BCUT2D eigenvalue weighted by Crippen LogP contribution is 2.68. The molecule has 0 amide bonds. The first-order valence-corrected chi connectivity index (χ1v) is 15.4. The Morgan fingerprint density at radius 1 is 1.07 bits per heavy atom. The minimum atomic E-state index is -2.64. The molecule has 3 saturated carbocycles. The van der Waals surface area contributed by atoms with Crippen LogP contribution in [0.1, 0.15) is 65.2 Å². The number of hydrogen-bond acceptors (Lipinski definition) is 12. The molecule has 0 radical (unpaired) electrons. The highest BCUT2D eigenvalue weighted by Gasteiger charge is 2.67. The number of ether oxygens (including phenoxy) is 4. The molecule has 2 heterocycles. The van der Waals surface area contributed by atoms with Gasteiger partial charge in [0, 0.05) is 23.8 Å². The van der Waals surface area contributed by atoms with Crippen molar-refractivity contribution in [3.05, 3.63) is 23.3 Å². The fourth-order valence-corrected chi connectivity index (χ4v) is 9.54. The van der Waals surface area contributed by atoms with Crippen molar-refractivity contribution in [1.29, 1.82) is 0 Å². The van der Waals surface area contributed by atoms with Gasteiger partial charge in [-0.3, -0.25) is 4.79 Å². The van der Waals surface area contributed by atoms with Crippen LogP contribution in [0.4, 0.5) is 0 Å². The highest BCUT2D eigenvalue weighted by atomic mass is 16.8. The zero-order valence-corrected chi connectivity index (χ0v) is 24.7. The zero-order chi connectivity index (χ0) is 30.9. The van der Waals surface area contributed by atoms with Gasteiger partial charge in [-0.15, -0.1) is 0 Å². The minimum absolute atomic E-state index is 0.0244. The molecule has 2 unspecified atom stereocenters. The normalized spacial score (nSPS) is 49.3. The smallest absolute Gasteiger partial charge is 0.331 e. The summed E-state index contributed by atoms with van der Waals surface area (Å²) < 4.78 is 22.2. The van der Waals surface area contributed by atoms with Gasteiger partial charge in [0.2, 0.25) is 0 Å². The Labute approximate surface area is 250 Å². The van der Waals surface area contributed by atoms with Crippen molar-refractivity contribution in [1.82, 2.24) is 0 Å². The van der Waals surface area contributed by atoms with E-state index in [0.717, 1.165) is 30.4 Å². The van der Waals surface area contributed by atoms with Gasteiger partial charge in [0.25, 0.3) is 0 Å². The van der Waals surface area contributed by atoms with Crippen LogP contribution < -0.4 is 0 Å². The summed E-state index contributed by atoms with van der Waals surface area (Å²) >= 11 is 0. The summed E-state index contributed by atoms with van der Waals surface area (Å²) in [6.45, 7) is 3.22. The Morgan fingerprint density at radius 2 is 1.81 bits per heavy atom. The summed E-state index contributed by atoms with van der Waals surface area (Å²) in [4.78, 5) is 23.9. The van der Waals surface area contributed by atoms with E-state index in [2.05, 4.69) is 13.0 Å². The van der Waals surface area contributed by atoms with Gasteiger partial charge in [0.1, 0.15) is 24.9 Å². The van der Waals surface area contributed by atoms with Crippen molar-refractivity contribution in [2.24, 2.45) is 28.6 Å². The standard InChI is InChI=1S/C31H44O12/c1-16(33)41-15-29-9-5-19(42-31(39)27(37)26(36)25(35)23(13-32)43-31)12-18(29)3-4-22-21(29)6-8-28(2)20(7-10-30(22,28)38)17-11-24(34)40-14-17/h4,11,18-21,23,25-27,32,35-39H,3,5-10,12-15H2,1-2H3/t18-,19-,20+,21-,23?,25+,26?,27-,28+,29+,30-,31-/m0/s1. The molecule has 240 valence electrons. The lowest BCUT2D eigenvalue weighted by Crippen LogP contribution is -2.67. The molecule has 4 aliphatic carbocycles. The maximum absolute atomic E-state index is 12.5. The van der Waals surface area contributed by atoms with Crippen LogP contribution in [0.5, 0.6) is 0 Å². The van der Waals surface area contributed by atoms with Gasteiger partial charge >= 0.3 is 17.9 Å². The Hall–Kier alpha value is -1.90. The number of aliphatic hydroxyl groups excluding tert-OH is 4. The van der Waals surface area contributed by atoms with E-state index in [9.17, 15) is 40.2 Å². The molecule has 12 atom stereocenters. The molecule has 2 aliphatic heterocycles. The van der Waals surface area contributed by atoms with Gasteiger partial charge in [-0.25, -0.2) is 4.79 Å². The molecule has 6 rings (SSSR count). The first-order chi connectivity index (χ1) is 20.3. The van der Waals surface area contributed by atoms with E-state index in [1.54, 1.807) is 6.08 Å². The van der Waals surface area contributed by atoms with Crippen LogP contribution >= 0.6 is 0 Å². The van der Waals surface area contributed by atoms with E-state index in [4.69, 9.17) is 18.9 Å². The van der Waals surface area contributed by atoms with Crippen LogP contribution in [0.25, 0.3) is 0 Å². The lowest BCUT2D eigenvalue weighted by molar-refractivity contribution is -0.460. The SMILES string of the molecule is CC(=O)OC[C@]12CC[C@H](O[C@]3(O)OC(CO)[C@@H](O)C(O)[C@@H]3O)C[C@@H]1CC=C1[C@@H]2CC[C@]2(C)[C@@H](C3=CC(=O)OC3)CC[C@]12O. The van der Waals surface area contributed by atoms with Crippen molar-refractivity contribution < 1.29 is 59.2 Å². The number of fused-ring (bicyclic) bond motifs is 5. The molecule has 4 fully saturated rings. The van der Waals surface area contributed by atoms with Gasteiger partial charge in [-0.1, -0.05) is 13.0 Å². The van der Waals surface area contributed by atoms with Crippen LogP contribution in [-0.2, 0) is 28.5 Å². The molecular weight excluding hydrogens is 564 g/mol. The molecule has 12 heteroatoms. The second kappa shape index (κ2) is 10.9. The van der Waals surface area contributed by atoms with E-state index in [0.29, 0.717) is 32.1 Å². The summed E-state index contributed by atoms with van der Waals surface area (Å²) in [5, 5.41) is 64.0. The fourth-order valence-electron chi connectivity index (χ4n) is 9.54. The quantitative estimate of drug-likeness (QED) is 0.137. The van der Waals surface area contributed by atoms with E-state index in [1.807, 2.05) is 0 Å². The molecular formula is C31H44O12. The molecule has 0 aromatic carbocycles. The van der Waals surface area contributed by atoms with Crippen LogP contribution in [0.2, 0.25) is 0 Å². The number of esters is 2. The van der Waals surface area contributed by atoms with E-state index in [1.165, 1.54) is 6.92 Å². The van der Waals surface area contributed by atoms with Crippen molar-refractivity contribution in [2.75, 3.05) is 19.8 Å². The molecule has 1 saturated heterocycles. The second-order valence-electron chi connectivity index (χ2n) is 13.8. The number of allylic oxidation sites excluding steroid dienone is 1. The van der Waals surface area contributed by atoms with Gasteiger partial charge in [0.05, 0.1) is 24.9 Å². The molecule has 43 heavy (non-hydrogen) atoms.